The van der Waals surface area contributed by atoms with Gasteiger partial charge in [-0.15, -0.1) is 0 Å². The second-order valence-corrected chi connectivity index (χ2v) is 3.69. The van der Waals surface area contributed by atoms with Crippen LogP contribution in [-0.4, -0.2) is 42.4 Å². The molecule has 0 bridgehead atoms. The number of hydrogen-bond donors (Lipinski definition) is 2. The van der Waals surface area contributed by atoms with E-state index in [9.17, 15) is 4.79 Å². The summed E-state index contributed by atoms with van der Waals surface area (Å²) in [5.74, 6) is 5.02. The summed E-state index contributed by atoms with van der Waals surface area (Å²) in [6, 6.07) is 1.61. The van der Waals surface area contributed by atoms with Gasteiger partial charge in [-0.2, -0.15) is 0 Å². The van der Waals surface area contributed by atoms with Crippen molar-refractivity contribution in [2.45, 2.75) is 13.3 Å². The molecule has 1 amide bonds. The number of aromatic nitrogens is 1. The van der Waals surface area contributed by atoms with Crippen molar-refractivity contribution in [1.82, 2.24) is 10.3 Å². The molecular formula is C14H18N2O3. The molecule has 0 unspecified atom stereocenters. The van der Waals surface area contributed by atoms with Crippen LogP contribution in [0.2, 0.25) is 0 Å². The number of rotatable bonds is 6. The number of nitrogens with one attached hydrogen (secondary N) is 1. The average molecular weight is 262 g/mol. The van der Waals surface area contributed by atoms with Gasteiger partial charge in [0, 0.05) is 32.2 Å². The first-order chi connectivity index (χ1) is 9.29. The van der Waals surface area contributed by atoms with Gasteiger partial charge in [-0.3, -0.25) is 9.78 Å². The Balaban J connectivity index is 2.56. The summed E-state index contributed by atoms with van der Waals surface area (Å²) in [5.41, 5.74) is 0.978. The Labute approximate surface area is 113 Å². The molecular weight excluding hydrogens is 244 g/mol. The van der Waals surface area contributed by atoms with Crippen LogP contribution in [-0.2, 0) is 4.74 Å². The molecule has 0 radical (unpaired) electrons. The van der Waals surface area contributed by atoms with Gasteiger partial charge < -0.3 is 15.2 Å². The van der Waals surface area contributed by atoms with E-state index in [1.165, 1.54) is 6.20 Å². The van der Waals surface area contributed by atoms with Gasteiger partial charge in [-0.1, -0.05) is 11.8 Å². The number of pyridine rings is 1. The van der Waals surface area contributed by atoms with Gasteiger partial charge in [0.1, 0.15) is 6.61 Å². The van der Waals surface area contributed by atoms with Crippen molar-refractivity contribution in [1.29, 1.82) is 0 Å². The lowest BCUT2D eigenvalue weighted by Crippen LogP contribution is -2.26. The van der Waals surface area contributed by atoms with Gasteiger partial charge in [0.2, 0.25) is 0 Å². The first-order valence-electron chi connectivity index (χ1n) is 6.19. The molecule has 5 nitrogen and oxygen atoms in total. The fraction of sp³-hybridized carbons (Fsp3) is 0.429. The van der Waals surface area contributed by atoms with Gasteiger partial charge in [0.25, 0.3) is 5.91 Å². The zero-order valence-corrected chi connectivity index (χ0v) is 11.0. The van der Waals surface area contributed by atoms with E-state index in [-0.39, 0.29) is 12.5 Å². The number of aliphatic hydroxyl groups excluding tert-OH is 1. The zero-order chi connectivity index (χ0) is 13.9. The lowest BCUT2D eigenvalue weighted by Gasteiger charge is -2.06. The van der Waals surface area contributed by atoms with Crippen molar-refractivity contribution in [3.8, 4) is 11.8 Å². The van der Waals surface area contributed by atoms with Gasteiger partial charge >= 0.3 is 0 Å². The standard InChI is InChI=1S/C14H18N2O3/c1-2-19-10-4-7-16-14(18)13-6-8-15-11-12(13)5-3-9-17/h6,8,11,17H,2,4,7,9-10H2,1H3,(H,16,18). The Morgan fingerprint density at radius 3 is 3.16 bits per heavy atom. The van der Waals surface area contributed by atoms with Crippen molar-refractivity contribution in [3.05, 3.63) is 29.6 Å². The van der Waals surface area contributed by atoms with E-state index in [4.69, 9.17) is 9.84 Å². The third-order valence-corrected chi connectivity index (χ3v) is 2.32. The maximum atomic E-state index is 12.0. The Hall–Kier alpha value is -1.90. The summed E-state index contributed by atoms with van der Waals surface area (Å²) in [7, 11) is 0. The van der Waals surface area contributed by atoms with E-state index in [1.54, 1.807) is 12.3 Å². The maximum absolute atomic E-state index is 12.0. The van der Waals surface area contributed by atoms with Gasteiger partial charge in [-0.05, 0) is 19.4 Å². The molecule has 2 N–H and O–H groups in total. The molecule has 0 aromatic carbocycles. The van der Waals surface area contributed by atoms with Crippen LogP contribution >= 0.6 is 0 Å². The summed E-state index contributed by atoms with van der Waals surface area (Å²) < 4.78 is 5.19. The van der Waals surface area contributed by atoms with Crippen LogP contribution in [0.5, 0.6) is 0 Å². The van der Waals surface area contributed by atoms with E-state index >= 15 is 0 Å². The first-order valence-corrected chi connectivity index (χ1v) is 6.19. The highest BCUT2D eigenvalue weighted by atomic mass is 16.5. The molecule has 0 aliphatic rings. The minimum atomic E-state index is -0.246. The fourth-order valence-electron chi connectivity index (χ4n) is 1.44. The number of aliphatic hydroxyl groups is 1. The lowest BCUT2D eigenvalue weighted by molar-refractivity contribution is 0.0944. The topological polar surface area (TPSA) is 71.5 Å². The van der Waals surface area contributed by atoms with Crippen LogP contribution in [0.15, 0.2) is 18.5 Å². The van der Waals surface area contributed by atoms with Crippen LogP contribution in [0.3, 0.4) is 0 Å². The monoisotopic (exact) mass is 262 g/mol. The quantitative estimate of drug-likeness (QED) is 0.581. The van der Waals surface area contributed by atoms with Crippen LogP contribution < -0.4 is 5.32 Å². The molecule has 0 saturated heterocycles. The Morgan fingerprint density at radius 1 is 1.58 bits per heavy atom. The summed E-state index contributed by atoms with van der Waals surface area (Å²) >= 11 is 0. The molecule has 1 aromatic rings. The predicted octanol–water partition coefficient (Wildman–Crippen LogP) is 0.582. The highest BCUT2D eigenvalue weighted by Gasteiger charge is 2.09. The fourth-order valence-corrected chi connectivity index (χ4v) is 1.44. The molecule has 0 aliphatic carbocycles. The smallest absolute Gasteiger partial charge is 0.252 e. The van der Waals surface area contributed by atoms with Crippen LogP contribution in [0.4, 0.5) is 0 Å². The molecule has 0 saturated carbocycles. The highest BCUT2D eigenvalue weighted by Crippen LogP contribution is 2.05. The van der Waals surface area contributed by atoms with E-state index < -0.39 is 0 Å². The van der Waals surface area contributed by atoms with Gasteiger partial charge in [0.05, 0.1) is 11.1 Å². The van der Waals surface area contributed by atoms with Crippen LogP contribution in [0, 0.1) is 11.8 Å². The van der Waals surface area contributed by atoms with Crippen molar-refractivity contribution >= 4 is 5.91 Å². The maximum Gasteiger partial charge on any atom is 0.252 e. The zero-order valence-electron chi connectivity index (χ0n) is 11.0. The number of nitrogens with zero attached hydrogens (tertiary/aromatic N) is 1. The molecule has 0 aliphatic heterocycles. The Kier molecular flexibility index (Phi) is 7.25. The number of carbonyl (C=O) groups is 1. The second-order valence-electron chi connectivity index (χ2n) is 3.69. The second kappa shape index (κ2) is 9.09. The molecule has 0 spiro atoms. The predicted molar refractivity (Wildman–Crippen MR) is 71.6 cm³/mol. The highest BCUT2D eigenvalue weighted by molar-refractivity contribution is 5.96. The SMILES string of the molecule is CCOCCCNC(=O)c1ccncc1C#CCO. The molecule has 102 valence electrons. The molecule has 1 aromatic heterocycles. The van der Waals surface area contributed by atoms with Crippen molar-refractivity contribution in [2.24, 2.45) is 0 Å². The molecule has 1 heterocycles. The summed E-state index contributed by atoms with van der Waals surface area (Å²) in [5, 5.41) is 11.5. The van der Waals surface area contributed by atoms with E-state index in [2.05, 4.69) is 22.1 Å². The number of hydrogen-bond acceptors (Lipinski definition) is 4. The molecule has 5 heteroatoms. The number of carbonyl (C=O) groups excluding carboxylic acids is 1. The van der Waals surface area contributed by atoms with Crippen molar-refractivity contribution in [2.75, 3.05) is 26.4 Å². The minimum Gasteiger partial charge on any atom is -0.384 e. The first kappa shape index (κ1) is 15.2. The number of amides is 1. The molecule has 1 rings (SSSR count). The molecule has 19 heavy (non-hydrogen) atoms. The summed E-state index contributed by atoms with van der Waals surface area (Å²) in [6.45, 7) is 3.55. The third kappa shape index (κ3) is 5.51. The van der Waals surface area contributed by atoms with Crippen molar-refractivity contribution in [3.63, 3.8) is 0 Å². The van der Waals surface area contributed by atoms with E-state index in [0.717, 1.165) is 6.42 Å². The normalized spacial score (nSPS) is 9.58. The van der Waals surface area contributed by atoms with Crippen molar-refractivity contribution < 1.29 is 14.6 Å². The lowest BCUT2D eigenvalue weighted by atomic mass is 10.1. The summed E-state index contributed by atoms with van der Waals surface area (Å²) in [6.07, 6.45) is 3.82. The van der Waals surface area contributed by atoms with E-state index in [0.29, 0.717) is 30.9 Å². The Bertz CT molecular complexity index is 463. The van der Waals surface area contributed by atoms with Gasteiger partial charge in [0.15, 0.2) is 0 Å². The number of ether oxygens (including phenoxy) is 1. The molecule has 0 atom stereocenters. The Morgan fingerprint density at radius 2 is 2.42 bits per heavy atom. The average Bonchev–Trinajstić information content (AvgIpc) is 2.45. The molecule has 0 fully saturated rings. The van der Waals surface area contributed by atoms with E-state index in [1.807, 2.05) is 6.92 Å². The third-order valence-electron chi connectivity index (χ3n) is 2.32. The minimum absolute atomic E-state index is 0.193. The summed E-state index contributed by atoms with van der Waals surface area (Å²) in [4.78, 5) is 15.9. The van der Waals surface area contributed by atoms with Crippen LogP contribution in [0.1, 0.15) is 29.3 Å². The van der Waals surface area contributed by atoms with Gasteiger partial charge in [-0.25, -0.2) is 0 Å². The largest absolute Gasteiger partial charge is 0.384 e. The van der Waals surface area contributed by atoms with Crippen LogP contribution in [0.25, 0.3) is 0 Å².